The maximum absolute atomic E-state index is 11.6. The van der Waals surface area contributed by atoms with E-state index in [1.807, 2.05) is 0 Å². The van der Waals surface area contributed by atoms with Crippen LogP contribution in [-0.4, -0.2) is 34.7 Å². The van der Waals surface area contributed by atoms with Crippen molar-refractivity contribution in [1.82, 2.24) is 0 Å². The second kappa shape index (κ2) is 4.06. The molecule has 17 heavy (non-hydrogen) atoms. The number of amides is 1. The van der Waals surface area contributed by atoms with Gasteiger partial charge in [-0.25, -0.2) is 4.79 Å². The number of carbonyl (C=O) groups is 2. The van der Waals surface area contributed by atoms with E-state index in [4.69, 9.17) is 10.8 Å². The summed E-state index contributed by atoms with van der Waals surface area (Å²) >= 11 is 0. The number of nitrogens with two attached hydrogens (primary N) is 1. The summed E-state index contributed by atoms with van der Waals surface area (Å²) in [6.07, 6.45) is 0.208. The molecule has 6 heteroatoms. The second-order valence-corrected chi connectivity index (χ2v) is 3.98. The molecule has 1 aromatic carbocycles. The van der Waals surface area contributed by atoms with Crippen molar-refractivity contribution in [3.8, 4) is 5.75 Å². The molecule has 1 saturated heterocycles. The van der Waals surface area contributed by atoms with Crippen molar-refractivity contribution >= 4 is 17.6 Å². The van der Waals surface area contributed by atoms with Crippen LogP contribution in [0.5, 0.6) is 5.75 Å². The lowest BCUT2D eigenvalue weighted by Gasteiger charge is -2.18. The van der Waals surface area contributed by atoms with E-state index < -0.39 is 5.97 Å². The van der Waals surface area contributed by atoms with E-state index in [0.29, 0.717) is 6.54 Å². The predicted octanol–water partition coefficient (Wildman–Crippen LogP) is 0.154. The van der Waals surface area contributed by atoms with Gasteiger partial charge in [0.2, 0.25) is 5.91 Å². The van der Waals surface area contributed by atoms with E-state index in [1.54, 1.807) is 0 Å². The average Bonchev–Trinajstić information content (AvgIpc) is 2.57. The van der Waals surface area contributed by atoms with Gasteiger partial charge in [-0.05, 0) is 18.2 Å². The van der Waals surface area contributed by atoms with Crippen molar-refractivity contribution in [3.63, 3.8) is 0 Å². The Labute approximate surface area is 97.3 Å². The number of carbonyl (C=O) groups excluding carboxylic acids is 1. The zero-order valence-electron chi connectivity index (χ0n) is 8.96. The topological polar surface area (TPSA) is 104 Å². The van der Waals surface area contributed by atoms with Gasteiger partial charge in [-0.1, -0.05) is 0 Å². The minimum Gasteiger partial charge on any atom is -0.508 e. The smallest absolute Gasteiger partial charge is 0.337 e. The number of rotatable bonds is 2. The number of anilines is 1. The zero-order chi connectivity index (χ0) is 12.6. The van der Waals surface area contributed by atoms with Gasteiger partial charge in [-0.15, -0.1) is 0 Å². The van der Waals surface area contributed by atoms with Gasteiger partial charge in [0.15, 0.2) is 0 Å². The molecule has 0 spiro atoms. The minimum absolute atomic E-state index is 0.104. The fraction of sp³-hybridized carbons (Fsp3) is 0.273. The zero-order valence-corrected chi connectivity index (χ0v) is 8.96. The number of phenols is 1. The van der Waals surface area contributed by atoms with Gasteiger partial charge in [-0.3, -0.25) is 4.79 Å². The molecule has 1 heterocycles. The molecule has 0 saturated carbocycles. The third kappa shape index (κ3) is 2.07. The molecule has 1 aliphatic heterocycles. The number of carboxylic acid groups (broad SMARTS) is 1. The number of aromatic carboxylic acids is 1. The standard InChI is InChI=1S/C11H12N2O4/c12-6-3-10(15)13(5-6)9-2-1-7(14)4-8(9)11(16)17/h1-2,4,6,14H,3,5,12H2,(H,16,17). The maximum Gasteiger partial charge on any atom is 0.337 e. The predicted molar refractivity (Wildman–Crippen MR) is 60.0 cm³/mol. The summed E-state index contributed by atoms with van der Waals surface area (Å²) in [6.45, 7) is 0.296. The lowest BCUT2D eigenvalue weighted by Crippen LogP contribution is -2.29. The SMILES string of the molecule is NC1CC(=O)N(c2ccc(O)cc2C(=O)O)C1. The summed E-state index contributed by atoms with van der Waals surface area (Å²) in [5, 5.41) is 18.3. The molecule has 1 atom stereocenters. The Morgan fingerprint density at radius 3 is 2.71 bits per heavy atom. The van der Waals surface area contributed by atoms with Crippen LogP contribution in [0.25, 0.3) is 0 Å². The van der Waals surface area contributed by atoms with Crippen LogP contribution in [0.2, 0.25) is 0 Å². The molecule has 0 bridgehead atoms. The fourth-order valence-corrected chi connectivity index (χ4v) is 1.90. The summed E-state index contributed by atoms with van der Waals surface area (Å²) in [5.74, 6) is -1.54. The van der Waals surface area contributed by atoms with E-state index >= 15 is 0 Å². The highest BCUT2D eigenvalue weighted by atomic mass is 16.4. The molecular formula is C11H12N2O4. The summed E-state index contributed by atoms with van der Waals surface area (Å²) in [5.41, 5.74) is 5.82. The van der Waals surface area contributed by atoms with Gasteiger partial charge in [0.25, 0.3) is 0 Å². The van der Waals surface area contributed by atoms with Crippen molar-refractivity contribution in [1.29, 1.82) is 0 Å². The number of aromatic hydroxyl groups is 1. The van der Waals surface area contributed by atoms with Gasteiger partial charge in [-0.2, -0.15) is 0 Å². The van der Waals surface area contributed by atoms with E-state index in [2.05, 4.69) is 0 Å². The number of hydrogen-bond acceptors (Lipinski definition) is 4. The monoisotopic (exact) mass is 236 g/mol. The van der Waals surface area contributed by atoms with Crippen LogP contribution in [0.1, 0.15) is 16.8 Å². The van der Waals surface area contributed by atoms with E-state index in [1.165, 1.54) is 17.0 Å². The third-order valence-electron chi connectivity index (χ3n) is 2.66. The molecular weight excluding hydrogens is 224 g/mol. The van der Waals surface area contributed by atoms with Crippen LogP contribution in [0.3, 0.4) is 0 Å². The highest BCUT2D eigenvalue weighted by Crippen LogP contribution is 2.28. The molecule has 1 unspecified atom stereocenters. The highest BCUT2D eigenvalue weighted by molar-refractivity contribution is 6.03. The van der Waals surface area contributed by atoms with Crippen molar-refractivity contribution in [2.24, 2.45) is 5.73 Å². The lowest BCUT2D eigenvalue weighted by molar-refractivity contribution is -0.117. The second-order valence-electron chi connectivity index (χ2n) is 3.98. The van der Waals surface area contributed by atoms with Gasteiger partial charge in [0.05, 0.1) is 11.3 Å². The Balaban J connectivity index is 2.45. The number of phenolic OH excluding ortho intramolecular Hbond substituents is 1. The van der Waals surface area contributed by atoms with Crippen molar-refractivity contribution < 1.29 is 19.8 Å². The molecule has 2 rings (SSSR count). The van der Waals surface area contributed by atoms with Crippen LogP contribution < -0.4 is 10.6 Å². The summed E-state index contributed by atoms with van der Waals surface area (Å²) < 4.78 is 0. The van der Waals surface area contributed by atoms with Crippen molar-refractivity contribution in [2.45, 2.75) is 12.5 Å². The average molecular weight is 236 g/mol. The first-order valence-corrected chi connectivity index (χ1v) is 5.11. The van der Waals surface area contributed by atoms with Gasteiger partial charge < -0.3 is 20.8 Å². The van der Waals surface area contributed by atoms with E-state index in [0.717, 1.165) is 6.07 Å². The largest absolute Gasteiger partial charge is 0.508 e. The first-order chi connectivity index (χ1) is 7.99. The molecule has 0 aromatic heterocycles. The van der Waals surface area contributed by atoms with E-state index in [-0.39, 0.29) is 35.4 Å². The number of benzene rings is 1. The quantitative estimate of drug-likeness (QED) is 0.678. The molecule has 0 aliphatic carbocycles. The molecule has 1 aromatic rings. The third-order valence-corrected chi connectivity index (χ3v) is 2.66. The van der Waals surface area contributed by atoms with E-state index in [9.17, 15) is 14.7 Å². The summed E-state index contributed by atoms with van der Waals surface area (Å²) in [4.78, 5) is 24.0. The Morgan fingerprint density at radius 1 is 1.47 bits per heavy atom. The van der Waals surface area contributed by atoms with Crippen LogP contribution in [0.15, 0.2) is 18.2 Å². The van der Waals surface area contributed by atoms with Crippen LogP contribution in [0.4, 0.5) is 5.69 Å². The molecule has 6 nitrogen and oxygen atoms in total. The van der Waals surface area contributed by atoms with Gasteiger partial charge >= 0.3 is 5.97 Å². The molecule has 1 fully saturated rings. The molecule has 90 valence electrons. The van der Waals surface area contributed by atoms with Crippen molar-refractivity contribution in [2.75, 3.05) is 11.4 Å². The number of hydrogen-bond donors (Lipinski definition) is 3. The Kier molecular flexibility index (Phi) is 2.72. The Hall–Kier alpha value is -2.08. The maximum atomic E-state index is 11.6. The van der Waals surface area contributed by atoms with Gasteiger partial charge in [0.1, 0.15) is 5.75 Å². The highest BCUT2D eigenvalue weighted by Gasteiger charge is 2.30. The number of carboxylic acids is 1. The lowest BCUT2D eigenvalue weighted by atomic mass is 10.1. The molecule has 1 amide bonds. The summed E-state index contributed by atoms with van der Waals surface area (Å²) in [6, 6.07) is 3.60. The Morgan fingerprint density at radius 2 is 2.18 bits per heavy atom. The Bertz CT molecular complexity index is 486. The summed E-state index contributed by atoms with van der Waals surface area (Å²) in [7, 11) is 0. The molecule has 1 aliphatic rings. The van der Waals surface area contributed by atoms with Crippen LogP contribution in [0, 0.1) is 0 Å². The van der Waals surface area contributed by atoms with Crippen molar-refractivity contribution in [3.05, 3.63) is 23.8 Å². The first kappa shape index (κ1) is 11.4. The normalized spacial score (nSPS) is 19.7. The molecule has 4 N–H and O–H groups in total. The van der Waals surface area contributed by atoms with Crippen LogP contribution in [-0.2, 0) is 4.79 Å². The minimum atomic E-state index is -1.19. The number of nitrogens with zero attached hydrogens (tertiary/aromatic N) is 1. The van der Waals surface area contributed by atoms with Crippen LogP contribution >= 0.6 is 0 Å². The fourth-order valence-electron chi connectivity index (χ4n) is 1.90. The molecule has 0 radical (unpaired) electrons. The van der Waals surface area contributed by atoms with Gasteiger partial charge in [0, 0.05) is 19.0 Å². The first-order valence-electron chi connectivity index (χ1n) is 5.11.